The van der Waals surface area contributed by atoms with Gasteiger partial charge in [0.1, 0.15) is 0 Å². The lowest BCUT2D eigenvalue weighted by molar-refractivity contribution is -0.111. The quantitative estimate of drug-likeness (QED) is 0.753. The lowest BCUT2D eigenvalue weighted by Gasteiger charge is -2.11. The number of carbonyl (C=O) groups is 1. The van der Waals surface area contributed by atoms with Crippen LogP contribution in [0.4, 0.5) is 14.5 Å². The first-order valence-corrected chi connectivity index (χ1v) is 7.72. The van der Waals surface area contributed by atoms with Crippen molar-refractivity contribution in [2.75, 3.05) is 11.9 Å². The fourth-order valence-corrected chi connectivity index (χ4v) is 2.11. The third kappa shape index (κ3) is 5.60. The summed E-state index contributed by atoms with van der Waals surface area (Å²) in [6, 6.07) is 12.9. The van der Waals surface area contributed by atoms with Gasteiger partial charge in [0.25, 0.3) is 0 Å². The van der Waals surface area contributed by atoms with Crippen LogP contribution in [0.1, 0.15) is 18.1 Å². The third-order valence-corrected chi connectivity index (χ3v) is 3.17. The minimum atomic E-state index is -2.95. The summed E-state index contributed by atoms with van der Waals surface area (Å²) in [5.74, 6) is -0.306. The number of rotatable bonds is 7. The summed E-state index contributed by atoms with van der Waals surface area (Å²) >= 11 is 0. The number of nitriles is 1. The highest BCUT2D eigenvalue weighted by Gasteiger charge is 2.11. The Morgan fingerprint density at radius 3 is 2.77 bits per heavy atom. The van der Waals surface area contributed by atoms with Gasteiger partial charge in [0.05, 0.1) is 18.2 Å². The van der Waals surface area contributed by atoms with Gasteiger partial charge >= 0.3 is 6.61 Å². The zero-order valence-electron chi connectivity index (χ0n) is 13.9. The van der Waals surface area contributed by atoms with Gasteiger partial charge in [-0.05, 0) is 48.9 Å². The topological polar surface area (TPSA) is 71.3 Å². The first kappa shape index (κ1) is 18.9. The first-order valence-electron chi connectivity index (χ1n) is 7.72. The third-order valence-electron chi connectivity index (χ3n) is 3.17. The number of alkyl halides is 2. The number of nitrogens with one attached hydrogen (secondary N) is 1. The van der Waals surface area contributed by atoms with Gasteiger partial charge in [-0.3, -0.25) is 4.79 Å². The highest BCUT2D eigenvalue weighted by molar-refractivity contribution is 6.02. The minimum absolute atomic E-state index is 0.0724. The molecule has 0 fully saturated rings. The van der Waals surface area contributed by atoms with E-state index >= 15 is 0 Å². The Labute approximate surface area is 149 Å². The number of anilines is 1. The lowest BCUT2D eigenvalue weighted by Crippen LogP contribution is -2.07. The molecule has 2 aromatic carbocycles. The van der Waals surface area contributed by atoms with Gasteiger partial charge in [0.2, 0.25) is 5.91 Å². The van der Waals surface area contributed by atoms with Crippen LogP contribution in [-0.2, 0) is 4.79 Å². The summed E-state index contributed by atoms with van der Waals surface area (Å²) in [6.45, 7) is -0.953. The summed E-state index contributed by atoms with van der Waals surface area (Å²) < 4.78 is 34.5. The van der Waals surface area contributed by atoms with Crippen molar-refractivity contribution in [3.63, 3.8) is 0 Å². The van der Waals surface area contributed by atoms with E-state index in [9.17, 15) is 13.6 Å². The van der Waals surface area contributed by atoms with Gasteiger partial charge in [-0.25, -0.2) is 0 Å². The summed E-state index contributed by atoms with van der Waals surface area (Å²) in [5, 5.41) is 11.5. The molecule has 134 valence electrons. The minimum Gasteiger partial charge on any atom is -0.490 e. The predicted molar refractivity (Wildman–Crippen MR) is 93.1 cm³/mol. The summed E-state index contributed by atoms with van der Waals surface area (Å²) in [5.41, 5.74) is 1.51. The Morgan fingerprint density at radius 1 is 1.27 bits per heavy atom. The second kappa shape index (κ2) is 9.18. The van der Waals surface area contributed by atoms with Gasteiger partial charge in [0.15, 0.2) is 11.5 Å². The Bertz CT molecular complexity index is 845. The molecule has 0 radical (unpaired) electrons. The molecule has 0 atom stereocenters. The zero-order valence-corrected chi connectivity index (χ0v) is 13.9. The van der Waals surface area contributed by atoms with E-state index in [1.807, 2.05) is 6.07 Å². The van der Waals surface area contributed by atoms with E-state index in [-0.39, 0.29) is 18.1 Å². The van der Waals surface area contributed by atoms with Crippen molar-refractivity contribution in [1.82, 2.24) is 0 Å². The van der Waals surface area contributed by atoms with Crippen LogP contribution in [0.5, 0.6) is 11.5 Å². The molecule has 0 unspecified atom stereocenters. The Balaban J connectivity index is 2.09. The van der Waals surface area contributed by atoms with E-state index in [2.05, 4.69) is 10.1 Å². The molecule has 0 aliphatic carbocycles. The molecule has 5 nitrogen and oxygen atoms in total. The van der Waals surface area contributed by atoms with Gasteiger partial charge in [-0.1, -0.05) is 12.1 Å². The smallest absolute Gasteiger partial charge is 0.387 e. The van der Waals surface area contributed by atoms with Crippen LogP contribution in [0.3, 0.4) is 0 Å². The molecule has 0 spiro atoms. The maximum atomic E-state index is 12.4. The maximum absolute atomic E-state index is 12.4. The summed E-state index contributed by atoms with van der Waals surface area (Å²) in [4.78, 5) is 12.0. The molecule has 0 heterocycles. The lowest BCUT2D eigenvalue weighted by atomic mass is 10.2. The highest BCUT2D eigenvalue weighted by Crippen LogP contribution is 2.30. The Hall–Kier alpha value is -3.40. The van der Waals surface area contributed by atoms with Gasteiger partial charge < -0.3 is 14.8 Å². The fourth-order valence-electron chi connectivity index (χ4n) is 2.11. The molecule has 0 aliphatic rings. The normalized spacial score (nSPS) is 10.6. The molecule has 7 heteroatoms. The molecule has 1 N–H and O–H groups in total. The number of benzene rings is 2. The van der Waals surface area contributed by atoms with Crippen LogP contribution in [0, 0.1) is 11.3 Å². The molecule has 2 rings (SSSR count). The van der Waals surface area contributed by atoms with Crippen LogP contribution in [0.25, 0.3) is 6.08 Å². The van der Waals surface area contributed by atoms with E-state index in [0.29, 0.717) is 16.8 Å². The van der Waals surface area contributed by atoms with Crippen molar-refractivity contribution in [2.24, 2.45) is 0 Å². The molecule has 0 bridgehead atoms. The fraction of sp³-hybridized carbons (Fsp3) is 0.158. The molecule has 1 amide bonds. The molecular weight excluding hydrogens is 342 g/mol. The molecular formula is C19H16F2N2O3. The van der Waals surface area contributed by atoms with E-state index in [0.717, 1.165) is 0 Å². The molecule has 26 heavy (non-hydrogen) atoms. The van der Waals surface area contributed by atoms with Crippen LogP contribution >= 0.6 is 0 Å². The van der Waals surface area contributed by atoms with Crippen molar-refractivity contribution in [1.29, 1.82) is 5.26 Å². The van der Waals surface area contributed by atoms with E-state index in [4.69, 9.17) is 10.00 Å². The molecule has 0 aromatic heterocycles. The number of nitrogens with zero attached hydrogens (tertiary/aromatic N) is 1. The molecule has 2 aromatic rings. The molecule has 0 saturated heterocycles. The number of hydrogen-bond donors (Lipinski definition) is 1. The van der Waals surface area contributed by atoms with Crippen LogP contribution in [0.15, 0.2) is 48.5 Å². The van der Waals surface area contributed by atoms with Crippen LogP contribution < -0.4 is 14.8 Å². The second-order valence-electron chi connectivity index (χ2n) is 5.03. The first-order chi connectivity index (χ1) is 12.5. The predicted octanol–water partition coefficient (Wildman–Crippen LogP) is 4.21. The Morgan fingerprint density at radius 2 is 2.08 bits per heavy atom. The standard InChI is InChI=1S/C19H16F2N2O3/c1-2-25-17-11-13(6-8-16(17)26-19(20)21)7-9-18(24)23-15-5-3-4-14(10-15)12-22/h3-11,19H,2H2,1H3,(H,23,24)/b9-7+. The number of carbonyl (C=O) groups excluding carboxylic acids is 1. The van der Waals surface area contributed by atoms with E-state index in [1.54, 1.807) is 31.2 Å². The average Bonchev–Trinajstić information content (AvgIpc) is 2.62. The molecule has 0 aliphatic heterocycles. The number of amides is 1. The average molecular weight is 358 g/mol. The SMILES string of the molecule is CCOc1cc(/C=C/C(=O)Nc2cccc(C#N)c2)ccc1OC(F)F. The molecule has 0 saturated carbocycles. The summed E-state index contributed by atoms with van der Waals surface area (Å²) in [7, 11) is 0. The largest absolute Gasteiger partial charge is 0.490 e. The van der Waals surface area contributed by atoms with E-state index in [1.165, 1.54) is 30.4 Å². The van der Waals surface area contributed by atoms with E-state index < -0.39 is 12.5 Å². The van der Waals surface area contributed by atoms with Crippen LogP contribution in [-0.4, -0.2) is 19.1 Å². The van der Waals surface area contributed by atoms with Gasteiger partial charge in [-0.15, -0.1) is 0 Å². The summed E-state index contributed by atoms with van der Waals surface area (Å²) in [6.07, 6.45) is 2.80. The van der Waals surface area contributed by atoms with Crippen molar-refractivity contribution in [2.45, 2.75) is 13.5 Å². The van der Waals surface area contributed by atoms with Crippen molar-refractivity contribution >= 4 is 17.7 Å². The number of ether oxygens (including phenoxy) is 2. The Kier molecular flexibility index (Phi) is 6.68. The van der Waals surface area contributed by atoms with Crippen molar-refractivity contribution in [3.8, 4) is 17.6 Å². The number of hydrogen-bond acceptors (Lipinski definition) is 4. The van der Waals surface area contributed by atoms with Crippen LogP contribution in [0.2, 0.25) is 0 Å². The van der Waals surface area contributed by atoms with Gasteiger partial charge in [-0.2, -0.15) is 14.0 Å². The second-order valence-corrected chi connectivity index (χ2v) is 5.03. The van der Waals surface area contributed by atoms with Crippen molar-refractivity contribution in [3.05, 3.63) is 59.7 Å². The van der Waals surface area contributed by atoms with Gasteiger partial charge in [0, 0.05) is 11.8 Å². The maximum Gasteiger partial charge on any atom is 0.387 e. The van der Waals surface area contributed by atoms with Crippen molar-refractivity contribution < 1.29 is 23.0 Å². The zero-order chi connectivity index (χ0) is 18.9. The highest BCUT2D eigenvalue weighted by atomic mass is 19.3. The monoisotopic (exact) mass is 358 g/mol. The number of halogens is 2.